The predicted octanol–water partition coefficient (Wildman–Crippen LogP) is 3.49. The molecule has 6 heteroatoms. The summed E-state index contributed by atoms with van der Waals surface area (Å²) < 4.78 is 15.4. The molecule has 0 atom stereocenters. The average Bonchev–Trinajstić information content (AvgIpc) is 2.60. The van der Waals surface area contributed by atoms with E-state index in [9.17, 15) is 4.39 Å². The summed E-state index contributed by atoms with van der Waals surface area (Å²) in [7, 11) is 1.77. The van der Waals surface area contributed by atoms with E-state index in [1.165, 1.54) is 6.07 Å². The number of nitrogen functional groups attached to an aromatic ring is 1. The fourth-order valence-electron chi connectivity index (χ4n) is 1.88. The maximum Gasteiger partial charge on any atom is 0.152 e. The largest absolute Gasteiger partial charge is 0.394 e. The lowest BCUT2D eigenvalue weighted by Gasteiger charge is -2.09. The van der Waals surface area contributed by atoms with Crippen molar-refractivity contribution in [2.24, 2.45) is 7.05 Å². The van der Waals surface area contributed by atoms with Gasteiger partial charge in [-0.25, -0.2) is 4.39 Å². The summed E-state index contributed by atoms with van der Waals surface area (Å²) in [5.74, 6) is 0.162. The van der Waals surface area contributed by atoms with Gasteiger partial charge in [0.05, 0.1) is 17.1 Å². The quantitative estimate of drug-likeness (QED) is 0.902. The van der Waals surface area contributed by atoms with Crippen molar-refractivity contribution in [1.29, 1.82) is 0 Å². The van der Waals surface area contributed by atoms with E-state index in [-0.39, 0.29) is 0 Å². The molecule has 0 spiro atoms. The molecule has 0 aliphatic rings. The Morgan fingerprint density at radius 2 is 2.21 bits per heavy atom. The van der Waals surface area contributed by atoms with Crippen LogP contribution in [0.2, 0.25) is 5.02 Å². The maximum absolute atomic E-state index is 13.7. The molecule has 19 heavy (non-hydrogen) atoms. The second kappa shape index (κ2) is 5.48. The van der Waals surface area contributed by atoms with E-state index in [0.717, 1.165) is 18.5 Å². The molecular formula is C13H16ClFN4. The van der Waals surface area contributed by atoms with Gasteiger partial charge in [0.25, 0.3) is 0 Å². The Morgan fingerprint density at radius 3 is 2.84 bits per heavy atom. The Labute approximate surface area is 116 Å². The Hall–Kier alpha value is -1.75. The number of benzene rings is 1. The van der Waals surface area contributed by atoms with Crippen molar-refractivity contribution in [2.75, 3.05) is 11.1 Å². The van der Waals surface area contributed by atoms with Gasteiger partial charge in [-0.1, -0.05) is 24.9 Å². The summed E-state index contributed by atoms with van der Waals surface area (Å²) in [6, 6.07) is 4.44. The van der Waals surface area contributed by atoms with E-state index in [0.29, 0.717) is 22.2 Å². The van der Waals surface area contributed by atoms with Gasteiger partial charge in [0.2, 0.25) is 0 Å². The van der Waals surface area contributed by atoms with Gasteiger partial charge in [0.1, 0.15) is 5.82 Å². The van der Waals surface area contributed by atoms with Crippen molar-refractivity contribution in [2.45, 2.75) is 19.8 Å². The number of anilines is 3. The van der Waals surface area contributed by atoms with Crippen LogP contribution in [0.3, 0.4) is 0 Å². The molecule has 0 aliphatic carbocycles. The Bertz CT molecular complexity index is 595. The van der Waals surface area contributed by atoms with Gasteiger partial charge in [-0.15, -0.1) is 0 Å². The molecule has 1 heterocycles. The van der Waals surface area contributed by atoms with Crippen molar-refractivity contribution in [3.05, 3.63) is 34.7 Å². The van der Waals surface area contributed by atoms with E-state index < -0.39 is 5.82 Å². The van der Waals surface area contributed by atoms with Crippen LogP contribution >= 0.6 is 11.6 Å². The molecule has 0 saturated heterocycles. The molecule has 1 aromatic carbocycles. The van der Waals surface area contributed by atoms with Crippen molar-refractivity contribution < 1.29 is 4.39 Å². The standard InChI is InChI=1S/C13H16ClFN4/c1-3-4-11-12(16)13(19(2)18-11)17-10-6-5-8(14)7-9(10)15/h5-7,17H,3-4,16H2,1-2H3. The summed E-state index contributed by atoms with van der Waals surface area (Å²) in [5.41, 5.74) is 7.72. The topological polar surface area (TPSA) is 55.9 Å². The lowest BCUT2D eigenvalue weighted by Crippen LogP contribution is -2.02. The third-order valence-electron chi connectivity index (χ3n) is 2.83. The second-order valence-corrected chi connectivity index (χ2v) is 4.77. The minimum atomic E-state index is -0.426. The van der Waals surface area contributed by atoms with Crippen molar-refractivity contribution >= 4 is 28.8 Å². The van der Waals surface area contributed by atoms with E-state index in [4.69, 9.17) is 17.3 Å². The monoisotopic (exact) mass is 282 g/mol. The highest BCUT2D eigenvalue weighted by molar-refractivity contribution is 6.30. The molecule has 102 valence electrons. The van der Waals surface area contributed by atoms with E-state index in [1.54, 1.807) is 23.9 Å². The second-order valence-electron chi connectivity index (χ2n) is 4.33. The van der Waals surface area contributed by atoms with Gasteiger partial charge in [0, 0.05) is 12.1 Å². The minimum absolute atomic E-state index is 0.321. The molecule has 2 aromatic rings. The molecule has 0 bridgehead atoms. The number of nitrogens with zero attached hydrogens (tertiary/aromatic N) is 2. The molecule has 3 N–H and O–H groups in total. The van der Waals surface area contributed by atoms with Crippen LogP contribution in [0.15, 0.2) is 18.2 Å². The van der Waals surface area contributed by atoms with Gasteiger partial charge >= 0.3 is 0 Å². The molecule has 0 saturated carbocycles. The zero-order valence-corrected chi connectivity index (χ0v) is 11.6. The first-order chi connectivity index (χ1) is 9.02. The molecule has 0 unspecified atom stereocenters. The molecule has 1 aromatic heterocycles. The normalized spacial score (nSPS) is 10.7. The predicted molar refractivity (Wildman–Crippen MR) is 76.3 cm³/mol. The van der Waals surface area contributed by atoms with Crippen LogP contribution in [0.4, 0.5) is 21.6 Å². The SMILES string of the molecule is CCCc1nn(C)c(Nc2ccc(Cl)cc2F)c1N. The average molecular weight is 283 g/mol. The number of aromatic nitrogens is 2. The van der Waals surface area contributed by atoms with Gasteiger partial charge in [-0.2, -0.15) is 5.10 Å². The van der Waals surface area contributed by atoms with Crippen LogP contribution in [0, 0.1) is 5.82 Å². The highest BCUT2D eigenvalue weighted by atomic mass is 35.5. The Balaban J connectivity index is 2.33. The summed E-state index contributed by atoms with van der Waals surface area (Å²) in [4.78, 5) is 0. The molecule has 0 fully saturated rings. The lowest BCUT2D eigenvalue weighted by molar-refractivity contribution is 0.631. The molecule has 4 nitrogen and oxygen atoms in total. The van der Waals surface area contributed by atoms with Crippen LogP contribution in [0.25, 0.3) is 0 Å². The van der Waals surface area contributed by atoms with Gasteiger partial charge < -0.3 is 11.1 Å². The number of hydrogen-bond donors (Lipinski definition) is 2. The first-order valence-corrected chi connectivity index (χ1v) is 6.44. The molecular weight excluding hydrogens is 267 g/mol. The zero-order chi connectivity index (χ0) is 14.0. The number of rotatable bonds is 4. The molecule has 2 rings (SSSR count). The van der Waals surface area contributed by atoms with Crippen LogP contribution in [0.1, 0.15) is 19.0 Å². The maximum atomic E-state index is 13.7. The highest BCUT2D eigenvalue weighted by Crippen LogP contribution is 2.28. The third kappa shape index (κ3) is 2.81. The number of halogens is 2. The Kier molecular flexibility index (Phi) is 3.95. The summed E-state index contributed by atoms with van der Waals surface area (Å²) in [6.07, 6.45) is 1.75. The van der Waals surface area contributed by atoms with Crippen molar-refractivity contribution in [3.63, 3.8) is 0 Å². The highest BCUT2D eigenvalue weighted by Gasteiger charge is 2.14. The van der Waals surface area contributed by atoms with Crippen LogP contribution in [-0.2, 0) is 13.5 Å². The third-order valence-corrected chi connectivity index (χ3v) is 3.07. The Morgan fingerprint density at radius 1 is 1.47 bits per heavy atom. The van der Waals surface area contributed by atoms with Gasteiger partial charge in [-0.3, -0.25) is 4.68 Å². The number of nitrogens with two attached hydrogens (primary N) is 1. The van der Waals surface area contributed by atoms with Crippen LogP contribution in [0.5, 0.6) is 0 Å². The summed E-state index contributed by atoms with van der Waals surface area (Å²) in [5, 5.41) is 7.63. The fourth-order valence-corrected chi connectivity index (χ4v) is 2.04. The molecule has 0 amide bonds. The van der Waals surface area contributed by atoms with E-state index in [1.807, 2.05) is 0 Å². The van der Waals surface area contributed by atoms with Crippen LogP contribution in [-0.4, -0.2) is 9.78 Å². The van der Waals surface area contributed by atoms with Crippen LogP contribution < -0.4 is 11.1 Å². The summed E-state index contributed by atoms with van der Waals surface area (Å²) >= 11 is 5.72. The first kappa shape index (κ1) is 13.7. The number of nitrogens with one attached hydrogen (secondary N) is 1. The minimum Gasteiger partial charge on any atom is -0.394 e. The fraction of sp³-hybridized carbons (Fsp3) is 0.308. The van der Waals surface area contributed by atoms with Crippen molar-refractivity contribution in [1.82, 2.24) is 9.78 Å². The number of hydrogen-bond acceptors (Lipinski definition) is 3. The first-order valence-electron chi connectivity index (χ1n) is 6.06. The van der Waals surface area contributed by atoms with Gasteiger partial charge in [-0.05, 0) is 24.6 Å². The van der Waals surface area contributed by atoms with E-state index >= 15 is 0 Å². The smallest absolute Gasteiger partial charge is 0.152 e. The lowest BCUT2D eigenvalue weighted by atomic mass is 10.2. The summed E-state index contributed by atoms with van der Waals surface area (Å²) in [6.45, 7) is 2.06. The van der Waals surface area contributed by atoms with Gasteiger partial charge in [0.15, 0.2) is 5.82 Å². The molecule has 0 radical (unpaired) electrons. The molecule has 0 aliphatic heterocycles. The number of aryl methyl sites for hydroxylation is 2. The van der Waals surface area contributed by atoms with E-state index in [2.05, 4.69) is 17.3 Å². The zero-order valence-electron chi connectivity index (χ0n) is 10.9. The van der Waals surface area contributed by atoms with Crippen molar-refractivity contribution in [3.8, 4) is 0 Å².